The fourth-order valence-corrected chi connectivity index (χ4v) is 4.00. The summed E-state index contributed by atoms with van der Waals surface area (Å²) in [6.07, 6.45) is 5.11. The Labute approximate surface area is 186 Å². The molecule has 3 aromatic rings. The Morgan fingerprint density at radius 1 is 1.28 bits per heavy atom. The summed E-state index contributed by atoms with van der Waals surface area (Å²) in [5, 5.41) is 8.59. The molecule has 170 valence electrons. The number of carboxylic acids is 1. The number of carboxylic acid groups (broad SMARTS) is 1. The van der Waals surface area contributed by atoms with Crippen molar-refractivity contribution >= 4 is 22.8 Å². The molecule has 1 aliphatic heterocycles. The molecule has 3 heterocycles. The average molecular weight is 440 g/mol. The van der Waals surface area contributed by atoms with Crippen molar-refractivity contribution in [2.45, 2.75) is 45.6 Å². The topological polar surface area (TPSA) is 130 Å². The Hall–Kier alpha value is -3.39. The largest absolute Gasteiger partial charge is 0.481 e. The molecule has 0 saturated carbocycles. The van der Waals surface area contributed by atoms with E-state index in [-0.39, 0.29) is 17.5 Å². The van der Waals surface area contributed by atoms with Crippen LogP contribution in [0, 0.1) is 6.92 Å². The monoisotopic (exact) mass is 439 g/mol. The molecule has 1 aromatic carbocycles. The van der Waals surface area contributed by atoms with Crippen LogP contribution >= 0.6 is 0 Å². The van der Waals surface area contributed by atoms with Gasteiger partial charge in [-0.15, -0.1) is 0 Å². The molecule has 32 heavy (non-hydrogen) atoms. The van der Waals surface area contributed by atoms with Crippen LogP contribution in [0.3, 0.4) is 0 Å². The number of piperidine rings is 1. The van der Waals surface area contributed by atoms with Crippen LogP contribution in [0.1, 0.15) is 47.0 Å². The second-order valence-corrected chi connectivity index (χ2v) is 8.09. The van der Waals surface area contributed by atoms with Crippen LogP contribution in [0.15, 0.2) is 45.7 Å². The molecular weight excluding hydrogens is 410 g/mol. The highest BCUT2D eigenvalue weighted by atomic mass is 16.4. The molecule has 1 amide bonds. The summed E-state index contributed by atoms with van der Waals surface area (Å²) in [4.78, 5) is 39.3. The van der Waals surface area contributed by atoms with Gasteiger partial charge in [-0.25, -0.2) is 4.79 Å². The number of para-hydroxylation sites is 1. The molecule has 8 heteroatoms. The number of likely N-dealkylation sites (tertiary alicyclic amines) is 1. The molecule has 1 atom stereocenters. The summed E-state index contributed by atoms with van der Waals surface area (Å²) in [5.74, 6) is -0.510. The Bertz CT molecular complexity index is 1160. The first-order chi connectivity index (χ1) is 15.3. The second kappa shape index (κ2) is 10.3. The molecule has 0 aliphatic carbocycles. The SMILES string of the molecule is CC(=O)O.Cc1cc(CCc2c[nH]c3ccccc23)oc(=O)c1C(=O)N1CCC[C@H](N)C1. The van der Waals surface area contributed by atoms with E-state index in [0.29, 0.717) is 30.8 Å². The van der Waals surface area contributed by atoms with Crippen molar-refractivity contribution in [3.63, 3.8) is 0 Å². The van der Waals surface area contributed by atoms with E-state index in [9.17, 15) is 9.59 Å². The fourth-order valence-electron chi connectivity index (χ4n) is 4.00. The number of carbonyl (C=O) groups is 2. The molecule has 0 radical (unpaired) electrons. The number of aliphatic carboxylic acids is 1. The number of amides is 1. The van der Waals surface area contributed by atoms with Gasteiger partial charge in [-0.2, -0.15) is 0 Å². The number of H-pyrrole nitrogens is 1. The standard InChI is InChI=1S/C22H25N3O3.C2H4O2/c1-14-11-17(9-8-15-12-24-19-7-3-2-6-18(15)19)28-22(27)20(14)21(26)25-10-4-5-16(23)13-25;1-2(3)4/h2-3,6-7,11-12,16,24H,4-5,8-10,13,23H2,1H3;1H3,(H,3,4)/t16-;/m0./s1. The van der Waals surface area contributed by atoms with Gasteiger partial charge in [-0.3, -0.25) is 9.59 Å². The summed E-state index contributed by atoms with van der Waals surface area (Å²) in [7, 11) is 0. The predicted molar refractivity (Wildman–Crippen MR) is 122 cm³/mol. The van der Waals surface area contributed by atoms with Crippen LogP contribution in [-0.2, 0) is 17.6 Å². The molecule has 1 fully saturated rings. The number of aryl methyl sites for hydroxylation is 3. The van der Waals surface area contributed by atoms with Crippen molar-refractivity contribution in [1.29, 1.82) is 0 Å². The number of nitrogens with zero attached hydrogens (tertiary/aromatic N) is 1. The van der Waals surface area contributed by atoms with Gasteiger partial charge in [0, 0.05) is 49.6 Å². The number of nitrogens with two attached hydrogens (primary N) is 1. The first-order valence-corrected chi connectivity index (χ1v) is 10.7. The summed E-state index contributed by atoms with van der Waals surface area (Å²) < 4.78 is 5.49. The number of nitrogens with one attached hydrogen (secondary N) is 1. The van der Waals surface area contributed by atoms with Crippen molar-refractivity contribution < 1.29 is 19.1 Å². The zero-order chi connectivity index (χ0) is 23.3. The van der Waals surface area contributed by atoms with Gasteiger partial charge in [0.1, 0.15) is 11.3 Å². The van der Waals surface area contributed by atoms with Crippen LogP contribution in [0.25, 0.3) is 10.9 Å². The smallest absolute Gasteiger partial charge is 0.349 e. The van der Waals surface area contributed by atoms with E-state index in [4.69, 9.17) is 20.1 Å². The van der Waals surface area contributed by atoms with Gasteiger partial charge in [-0.05, 0) is 49.4 Å². The Morgan fingerprint density at radius 2 is 2.00 bits per heavy atom. The van der Waals surface area contributed by atoms with Crippen LogP contribution in [-0.4, -0.2) is 46.0 Å². The summed E-state index contributed by atoms with van der Waals surface area (Å²) in [6.45, 7) is 4.00. The van der Waals surface area contributed by atoms with Gasteiger partial charge in [0.2, 0.25) is 0 Å². The number of benzene rings is 1. The number of aromatic amines is 1. The molecule has 1 aliphatic rings. The van der Waals surface area contributed by atoms with Crippen LogP contribution in [0.4, 0.5) is 0 Å². The van der Waals surface area contributed by atoms with E-state index >= 15 is 0 Å². The summed E-state index contributed by atoms with van der Waals surface area (Å²) in [6, 6.07) is 9.91. The lowest BCUT2D eigenvalue weighted by Gasteiger charge is -2.30. The first-order valence-electron chi connectivity index (χ1n) is 10.7. The molecule has 1 saturated heterocycles. The maximum Gasteiger partial charge on any atom is 0.349 e. The normalized spacial score (nSPS) is 15.8. The van der Waals surface area contributed by atoms with E-state index in [0.717, 1.165) is 31.7 Å². The summed E-state index contributed by atoms with van der Waals surface area (Å²) >= 11 is 0. The molecule has 0 spiro atoms. The van der Waals surface area contributed by atoms with Crippen molar-refractivity contribution in [3.05, 3.63) is 69.4 Å². The molecule has 2 aromatic heterocycles. The minimum atomic E-state index is -0.833. The number of hydrogen-bond donors (Lipinski definition) is 3. The molecule has 8 nitrogen and oxygen atoms in total. The number of rotatable bonds is 4. The predicted octanol–water partition coefficient (Wildman–Crippen LogP) is 2.87. The third kappa shape index (κ3) is 5.64. The van der Waals surface area contributed by atoms with Gasteiger partial charge >= 0.3 is 5.63 Å². The molecule has 0 unspecified atom stereocenters. The van der Waals surface area contributed by atoms with Crippen molar-refractivity contribution in [2.24, 2.45) is 5.73 Å². The Morgan fingerprint density at radius 3 is 2.69 bits per heavy atom. The van der Waals surface area contributed by atoms with Gasteiger partial charge in [0.25, 0.3) is 11.9 Å². The van der Waals surface area contributed by atoms with Crippen molar-refractivity contribution in [1.82, 2.24) is 9.88 Å². The molecular formula is C24H29N3O5. The lowest BCUT2D eigenvalue weighted by molar-refractivity contribution is -0.134. The minimum absolute atomic E-state index is 0.0273. The number of fused-ring (bicyclic) bond motifs is 1. The summed E-state index contributed by atoms with van der Waals surface area (Å²) in [5.41, 5.74) is 8.47. The number of aromatic nitrogens is 1. The fraction of sp³-hybridized carbons (Fsp3) is 0.375. The van der Waals surface area contributed by atoms with E-state index in [2.05, 4.69) is 11.1 Å². The van der Waals surface area contributed by atoms with Crippen molar-refractivity contribution in [3.8, 4) is 0 Å². The third-order valence-electron chi connectivity index (χ3n) is 5.47. The van der Waals surface area contributed by atoms with Crippen LogP contribution in [0.5, 0.6) is 0 Å². The highest BCUT2D eigenvalue weighted by molar-refractivity contribution is 5.95. The second-order valence-electron chi connectivity index (χ2n) is 8.09. The highest BCUT2D eigenvalue weighted by Crippen LogP contribution is 2.20. The lowest BCUT2D eigenvalue weighted by Crippen LogP contribution is -2.46. The number of carbonyl (C=O) groups excluding carboxylic acids is 1. The van der Waals surface area contributed by atoms with Gasteiger partial charge < -0.3 is 25.1 Å². The Kier molecular flexibility index (Phi) is 7.48. The Balaban J connectivity index is 0.000000668. The minimum Gasteiger partial charge on any atom is -0.481 e. The third-order valence-corrected chi connectivity index (χ3v) is 5.47. The zero-order valence-electron chi connectivity index (χ0n) is 18.4. The van der Waals surface area contributed by atoms with Gasteiger partial charge in [0.15, 0.2) is 0 Å². The van der Waals surface area contributed by atoms with Gasteiger partial charge in [-0.1, -0.05) is 18.2 Å². The van der Waals surface area contributed by atoms with E-state index in [1.54, 1.807) is 11.8 Å². The quantitative estimate of drug-likeness (QED) is 0.573. The maximum atomic E-state index is 12.8. The maximum absolute atomic E-state index is 12.8. The highest BCUT2D eigenvalue weighted by Gasteiger charge is 2.26. The van der Waals surface area contributed by atoms with Crippen LogP contribution in [0.2, 0.25) is 0 Å². The number of hydrogen-bond acceptors (Lipinski definition) is 5. The lowest BCUT2D eigenvalue weighted by atomic mass is 10.0. The first kappa shape index (κ1) is 23.3. The zero-order valence-corrected chi connectivity index (χ0v) is 18.4. The average Bonchev–Trinajstić information content (AvgIpc) is 3.14. The van der Waals surface area contributed by atoms with Crippen molar-refractivity contribution in [2.75, 3.05) is 13.1 Å². The van der Waals surface area contributed by atoms with E-state index in [1.807, 2.05) is 30.5 Å². The van der Waals surface area contributed by atoms with Crippen LogP contribution < -0.4 is 11.4 Å². The van der Waals surface area contributed by atoms with E-state index in [1.165, 1.54) is 10.9 Å². The molecule has 4 N–H and O–H groups in total. The molecule has 0 bridgehead atoms. The van der Waals surface area contributed by atoms with Gasteiger partial charge in [0.05, 0.1) is 0 Å². The molecule has 4 rings (SSSR count). The van der Waals surface area contributed by atoms with E-state index < -0.39 is 11.6 Å².